The highest BCUT2D eigenvalue weighted by molar-refractivity contribution is 5.84. The average molecular weight is 326 g/mol. The van der Waals surface area contributed by atoms with E-state index in [9.17, 15) is 19.5 Å². The van der Waals surface area contributed by atoms with Crippen LogP contribution in [-0.2, 0) is 19.1 Å². The van der Waals surface area contributed by atoms with E-state index in [1.165, 1.54) is 0 Å². The van der Waals surface area contributed by atoms with Crippen LogP contribution >= 0.6 is 0 Å². The second kappa shape index (κ2) is 11.3. The molecule has 1 N–H and O–H groups in total. The molecule has 0 amide bonds. The standard InChI is InChI=1S/C18H30O5/c1-2-3-6-9-14-15(17(21)12-16(14)20)10-7-4-5-8-11-18(22)23-13-19/h13-16,20H,2-12H2,1H3. The van der Waals surface area contributed by atoms with E-state index in [0.717, 1.165) is 51.4 Å². The van der Waals surface area contributed by atoms with Crippen molar-refractivity contribution < 1.29 is 24.2 Å². The largest absolute Gasteiger partial charge is 0.395 e. The van der Waals surface area contributed by atoms with Crippen LogP contribution in [0.5, 0.6) is 0 Å². The van der Waals surface area contributed by atoms with E-state index < -0.39 is 12.1 Å². The minimum Gasteiger partial charge on any atom is -0.395 e. The van der Waals surface area contributed by atoms with Crippen molar-refractivity contribution in [2.75, 3.05) is 0 Å². The van der Waals surface area contributed by atoms with Gasteiger partial charge in [-0.15, -0.1) is 0 Å². The molecule has 5 nitrogen and oxygen atoms in total. The Morgan fingerprint density at radius 1 is 1.17 bits per heavy atom. The molecule has 1 aliphatic carbocycles. The Morgan fingerprint density at radius 3 is 2.57 bits per heavy atom. The van der Waals surface area contributed by atoms with Gasteiger partial charge in [-0.1, -0.05) is 45.4 Å². The van der Waals surface area contributed by atoms with Crippen molar-refractivity contribution in [3.05, 3.63) is 0 Å². The smallest absolute Gasteiger partial charge is 0.313 e. The molecule has 132 valence electrons. The van der Waals surface area contributed by atoms with Crippen LogP contribution in [0.4, 0.5) is 0 Å². The molecule has 0 aromatic heterocycles. The van der Waals surface area contributed by atoms with Gasteiger partial charge in [-0.05, 0) is 25.2 Å². The van der Waals surface area contributed by atoms with Crippen LogP contribution in [0.3, 0.4) is 0 Å². The molecule has 0 aliphatic heterocycles. The fraction of sp³-hybridized carbons (Fsp3) is 0.833. The molecule has 3 atom stereocenters. The first kappa shape index (κ1) is 19.8. The highest BCUT2D eigenvalue weighted by Crippen LogP contribution is 2.36. The van der Waals surface area contributed by atoms with Crippen molar-refractivity contribution in [2.24, 2.45) is 11.8 Å². The summed E-state index contributed by atoms with van der Waals surface area (Å²) in [5, 5.41) is 10.1. The number of aliphatic hydroxyl groups is 1. The molecule has 0 radical (unpaired) electrons. The fourth-order valence-electron chi connectivity index (χ4n) is 3.51. The van der Waals surface area contributed by atoms with Crippen LogP contribution in [0.15, 0.2) is 0 Å². The monoisotopic (exact) mass is 326 g/mol. The lowest BCUT2D eigenvalue weighted by Gasteiger charge is -2.20. The zero-order valence-corrected chi connectivity index (χ0v) is 14.2. The highest BCUT2D eigenvalue weighted by atomic mass is 16.6. The maximum atomic E-state index is 12.1. The number of hydrogen-bond acceptors (Lipinski definition) is 5. The number of ether oxygens (including phenoxy) is 1. The number of aliphatic hydroxyl groups excluding tert-OH is 1. The van der Waals surface area contributed by atoms with Crippen LogP contribution in [-0.4, -0.2) is 29.4 Å². The number of carbonyl (C=O) groups excluding carboxylic acids is 3. The summed E-state index contributed by atoms with van der Waals surface area (Å²) in [4.78, 5) is 33.0. The van der Waals surface area contributed by atoms with E-state index in [4.69, 9.17) is 0 Å². The molecule has 1 fully saturated rings. The van der Waals surface area contributed by atoms with E-state index in [2.05, 4.69) is 11.7 Å². The van der Waals surface area contributed by atoms with E-state index in [0.29, 0.717) is 12.8 Å². The normalized spacial score (nSPS) is 23.9. The van der Waals surface area contributed by atoms with Crippen LogP contribution in [0.1, 0.15) is 77.6 Å². The molecule has 1 rings (SSSR count). The second-order valence-electron chi connectivity index (χ2n) is 6.54. The SMILES string of the molecule is CCCCCC1C(O)CC(=O)C1CCCCCCC(=O)OC=O. The first-order valence-corrected chi connectivity index (χ1v) is 8.94. The van der Waals surface area contributed by atoms with Crippen molar-refractivity contribution in [1.82, 2.24) is 0 Å². The summed E-state index contributed by atoms with van der Waals surface area (Å²) in [6.07, 6.45) is 8.78. The molecule has 0 aromatic rings. The van der Waals surface area contributed by atoms with Gasteiger partial charge in [0.1, 0.15) is 5.78 Å². The molecular formula is C18H30O5. The topological polar surface area (TPSA) is 80.7 Å². The maximum absolute atomic E-state index is 12.1. The van der Waals surface area contributed by atoms with Gasteiger partial charge in [0.25, 0.3) is 0 Å². The Kier molecular flexibility index (Phi) is 9.76. The summed E-state index contributed by atoms with van der Waals surface area (Å²) < 4.78 is 4.22. The third-order valence-corrected chi connectivity index (χ3v) is 4.80. The van der Waals surface area contributed by atoms with Crippen LogP contribution in [0, 0.1) is 11.8 Å². The molecule has 0 bridgehead atoms. The van der Waals surface area contributed by atoms with Crippen molar-refractivity contribution in [3.8, 4) is 0 Å². The van der Waals surface area contributed by atoms with Gasteiger partial charge in [-0.25, -0.2) is 0 Å². The van der Waals surface area contributed by atoms with Crippen molar-refractivity contribution >= 4 is 18.2 Å². The van der Waals surface area contributed by atoms with Crippen LogP contribution < -0.4 is 0 Å². The number of rotatable bonds is 12. The van der Waals surface area contributed by atoms with Gasteiger partial charge in [-0.2, -0.15) is 0 Å². The molecule has 0 spiro atoms. The molecule has 0 heterocycles. The first-order valence-electron chi connectivity index (χ1n) is 8.94. The second-order valence-corrected chi connectivity index (χ2v) is 6.54. The minimum atomic E-state index is -0.481. The number of hydrogen-bond donors (Lipinski definition) is 1. The Morgan fingerprint density at radius 2 is 1.87 bits per heavy atom. The van der Waals surface area contributed by atoms with E-state index in [1.54, 1.807) is 0 Å². The number of esters is 1. The molecule has 1 saturated carbocycles. The van der Waals surface area contributed by atoms with Gasteiger partial charge in [0.2, 0.25) is 0 Å². The van der Waals surface area contributed by atoms with Gasteiger partial charge >= 0.3 is 12.4 Å². The zero-order chi connectivity index (χ0) is 17.1. The summed E-state index contributed by atoms with van der Waals surface area (Å²) in [6.45, 7) is 2.32. The molecule has 1 aliphatic rings. The van der Waals surface area contributed by atoms with Crippen LogP contribution in [0.25, 0.3) is 0 Å². The van der Waals surface area contributed by atoms with Crippen LogP contribution in [0.2, 0.25) is 0 Å². The minimum absolute atomic E-state index is 0.0156. The van der Waals surface area contributed by atoms with Gasteiger partial charge in [-0.3, -0.25) is 14.4 Å². The molecule has 0 aromatic carbocycles. The lowest BCUT2D eigenvalue weighted by atomic mass is 9.85. The molecule has 5 heteroatoms. The average Bonchev–Trinajstić information content (AvgIpc) is 2.77. The summed E-state index contributed by atoms with van der Waals surface area (Å²) in [6, 6.07) is 0. The van der Waals surface area contributed by atoms with E-state index in [1.807, 2.05) is 0 Å². The number of carbonyl (C=O) groups is 3. The van der Waals surface area contributed by atoms with Crippen molar-refractivity contribution in [1.29, 1.82) is 0 Å². The third kappa shape index (κ3) is 7.25. The lowest BCUT2D eigenvalue weighted by molar-refractivity contribution is -0.151. The van der Waals surface area contributed by atoms with Gasteiger partial charge < -0.3 is 9.84 Å². The third-order valence-electron chi connectivity index (χ3n) is 4.80. The Hall–Kier alpha value is -1.23. The summed E-state index contributed by atoms with van der Waals surface area (Å²) in [5.41, 5.74) is 0. The predicted octanol–water partition coefficient (Wildman–Crippen LogP) is 3.17. The summed E-state index contributed by atoms with van der Waals surface area (Å²) in [7, 11) is 0. The highest BCUT2D eigenvalue weighted by Gasteiger charge is 2.40. The predicted molar refractivity (Wildman–Crippen MR) is 86.6 cm³/mol. The Bertz CT molecular complexity index is 380. The molecular weight excluding hydrogens is 296 g/mol. The lowest BCUT2D eigenvalue weighted by Crippen LogP contribution is -2.20. The van der Waals surface area contributed by atoms with Crippen molar-refractivity contribution in [3.63, 3.8) is 0 Å². The number of unbranched alkanes of at least 4 members (excludes halogenated alkanes) is 5. The maximum Gasteiger partial charge on any atom is 0.313 e. The first-order chi connectivity index (χ1) is 11.1. The van der Waals surface area contributed by atoms with E-state index in [-0.39, 0.29) is 30.5 Å². The summed E-state index contributed by atoms with van der Waals surface area (Å²) >= 11 is 0. The fourth-order valence-corrected chi connectivity index (χ4v) is 3.51. The molecule has 0 saturated heterocycles. The quantitative estimate of drug-likeness (QED) is 0.258. The molecule has 3 unspecified atom stereocenters. The number of ketones is 1. The van der Waals surface area contributed by atoms with E-state index >= 15 is 0 Å². The Labute approximate surface area is 138 Å². The van der Waals surface area contributed by atoms with Gasteiger partial charge in [0.05, 0.1) is 6.10 Å². The Balaban J connectivity index is 2.21. The number of Topliss-reactive ketones (excluding diaryl/α,β-unsaturated/α-hetero) is 1. The molecule has 23 heavy (non-hydrogen) atoms. The zero-order valence-electron chi connectivity index (χ0n) is 14.2. The summed E-state index contributed by atoms with van der Waals surface area (Å²) in [5.74, 6) is -0.114. The van der Waals surface area contributed by atoms with Gasteiger partial charge in [0.15, 0.2) is 0 Å². The van der Waals surface area contributed by atoms with Crippen molar-refractivity contribution in [2.45, 2.75) is 83.7 Å². The van der Waals surface area contributed by atoms with Gasteiger partial charge in [0, 0.05) is 18.8 Å².